The molecule has 0 amide bonds. The van der Waals surface area contributed by atoms with E-state index in [1.165, 1.54) is 0 Å². The molecular formula is C52H32N6O2. The van der Waals surface area contributed by atoms with Crippen molar-refractivity contribution < 1.29 is 9.15 Å². The van der Waals surface area contributed by atoms with Crippen LogP contribution in [0.5, 0.6) is 5.75 Å². The van der Waals surface area contributed by atoms with Gasteiger partial charge in [0.15, 0.2) is 34.9 Å². The smallest absolute Gasteiger partial charge is 0.167 e. The topological polar surface area (TPSA) is 99.7 Å². The van der Waals surface area contributed by atoms with Gasteiger partial charge >= 0.3 is 0 Å². The summed E-state index contributed by atoms with van der Waals surface area (Å²) in [4.78, 5) is 30.3. The van der Waals surface area contributed by atoms with Gasteiger partial charge in [0.05, 0.1) is 11.1 Å². The zero-order valence-corrected chi connectivity index (χ0v) is 32.0. The highest BCUT2D eigenvalue weighted by atomic mass is 16.5. The molecule has 4 heterocycles. The summed E-state index contributed by atoms with van der Waals surface area (Å²) in [5.41, 5.74) is 7.89. The fraction of sp³-hybridized carbons (Fsp3) is 0.0385. The number of rotatable bonds is 6. The maximum absolute atomic E-state index is 6.53. The Hall–Kier alpha value is -8.10. The molecule has 1 aliphatic carbocycles. The number of benzene rings is 7. The van der Waals surface area contributed by atoms with E-state index in [1.807, 2.05) is 103 Å². The number of fused-ring (bicyclic) bond motifs is 7. The number of aromatic nitrogens is 6. The lowest BCUT2D eigenvalue weighted by molar-refractivity contribution is 0.269. The molecule has 0 fully saturated rings. The second kappa shape index (κ2) is 13.8. The molecule has 8 nitrogen and oxygen atoms in total. The highest BCUT2D eigenvalue weighted by molar-refractivity contribution is 6.09. The molecule has 2 atom stereocenters. The molecule has 0 saturated carbocycles. The van der Waals surface area contributed by atoms with Crippen LogP contribution in [-0.4, -0.2) is 36.0 Å². The second-order valence-corrected chi connectivity index (χ2v) is 15.0. The van der Waals surface area contributed by atoms with E-state index < -0.39 is 0 Å². The third-order valence-corrected chi connectivity index (χ3v) is 11.3. The van der Waals surface area contributed by atoms with Crippen molar-refractivity contribution in [3.63, 3.8) is 0 Å². The van der Waals surface area contributed by atoms with E-state index in [-0.39, 0.29) is 12.0 Å². The van der Waals surface area contributed by atoms with Gasteiger partial charge in [0, 0.05) is 44.5 Å². The van der Waals surface area contributed by atoms with Crippen molar-refractivity contribution in [2.45, 2.75) is 12.0 Å². The van der Waals surface area contributed by atoms with E-state index in [0.717, 1.165) is 77.4 Å². The number of nitrogens with zero attached hydrogens (tertiary/aromatic N) is 6. The van der Waals surface area contributed by atoms with Gasteiger partial charge in [-0.05, 0) is 47.2 Å². The Labute approximate surface area is 344 Å². The summed E-state index contributed by atoms with van der Waals surface area (Å²) in [5, 5.41) is 4.11. The van der Waals surface area contributed by atoms with Crippen LogP contribution in [0.25, 0.3) is 101 Å². The van der Waals surface area contributed by atoms with Crippen LogP contribution in [0.2, 0.25) is 0 Å². The Bertz CT molecular complexity index is 3380. The van der Waals surface area contributed by atoms with Crippen molar-refractivity contribution in [1.82, 2.24) is 29.9 Å². The van der Waals surface area contributed by atoms with E-state index in [1.54, 1.807) is 0 Å². The van der Waals surface area contributed by atoms with Gasteiger partial charge in [0.1, 0.15) is 23.0 Å². The van der Waals surface area contributed by atoms with E-state index in [0.29, 0.717) is 34.9 Å². The molecule has 12 rings (SSSR count). The standard InChI is InChI=1S/C52H32N6O2/c1-3-13-31(14-4-1)47-53-49(57-51(55-47)41-21-11-19-39-37-17-7-9-23-43(37)59-45(39)41)35-27-25-34-30-36(28-26-33(34)29-35)50-54-48(32-15-5-2-6-16-32)56-52(58-50)42-22-12-20-40-38-18-8-10-24-44(38)60-46(40)42/h1-30,37,43H. The summed E-state index contributed by atoms with van der Waals surface area (Å²) in [6.07, 6.45) is 8.37. The average molecular weight is 773 g/mol. The fourth-order valence-electron chi connectivity index (χ4n) is 8.37. The molecule has 10 aromatic rings. The van der Waals surface area contributed by atoms with Crippen molar-refractivity contribution >= 4 is 32.7 Å². The predicted octanol–water partition coefficient (Wildman–Crippen LogP) is 12.1. The Morgan fingerprint density at radius 2 is 0.933 bits per heavy atom. The van der Waals surface area contributed by atoms with E-state index in [9.17, 15) is 0 Å². The largest absolute Gasteiger partial charge is 0.484 e. The van der Waals surface area contributed by atoms with Crippen LogP contribution in [0.4, 0.5) is 0 Å². The van der Waals surface area contributed by atoms with Crippen LogP contribution >= 0.6 is 0 Å². The van der Waals surface area contributed by atoms with Gasteiger partial charge in [0.25, 0.3) is 0 Å². The second-order valence-electron chi connectivity index (χ2n) is 15.0. The van der Waals surface area contributed by atoms with Crippen LogP contribution < -0.4 is 4.74 Å². The third kappa shape index (κ3) is 5.76. The van der Waals surface area contributed by atoms with E-state index in [4.69, 9.17) is 39.1 Å². The summed E-state index contributed by atoms with van der Waals surface area (Å²) >= 11 is 0. The molecule has 0 spiro atoms. The molecule has 60 heavy (non-hydrogen) atoms. The molecule has 2 unspecified atom stereocenters. The Morgan fingerprint density at radius 3 is 1.62 bits per heavy atom. The first kappa shape index (κ1) is 34.0. The summed E-state index contributed by atoms with van der Waals surface area (Å²) in [5.74, 6) is 4.40. The number of ether oxygens (including phenoxy) is 1. The summed E-state index contributed by atoms with van der Waals surface area (Å²) in [6.45, 7) is 0. The fourth-order valence-corrected chi connectivity index (χ4v) is 8.37. The van der Waals surface area contributed by atoms with E-state index in [2.05, 4.69) is 78.9 Å². The SMILES string of the molecule is C1=CC2Oc3c(-c4nc(-c5ccccc5)nc(-c5ccc6cc(-c7nc(-c8ccccc8)nc(-c8cccc9c8oc8ccccc89)n7)ccc6c5)n4)cccc3C2C=C1. The monoisotopic (exact) mass is 772 g/mol. The molecule has 7 aromatic carbocycles. The zero-order chi connectivity index (χ0) is 39.6. The lowest BCUT2D eigenvalue weighted by Crippen LogP contribution is -2.15. The highest BCUT2D eigenvalue weighted by Crippen LogP contribution is 2.46. The maximum Gasteiger partial charge on any atom is 0.167 e. The summed E-state index contributed by atoms with van der Waals surface area (Å²) < 4.78 is 12.9. The summed E-state index contributed by atoms with van der Waals surface area (Å²) in [6, 6.07) is 53.0. The molecule has 3 aromatic heterocycles. The van der Waals surface area contributed by atoms with Crippen LogP contribution in [0.3, 0.4) is 0 Å². The van der Waals surface area contributed by atoms with Crippen molar-refractivity contribution in [3.05, 3.63) is 188 Å². The van der Waals surface area contributed by atoms with Gasteiger partial charge in [-0.1, -0.05) is 146 Å². The minimum Gasteiger partial charge on any atom is -0.484 e. The van der Waals surface area contributed by atoms with Crippen LogP contribution in [0.15, 0.2) is 186 Å². The number of allylic oxidation sites excluding steroid dienone is 2. The Balaban J connectivity index is 0.962. The first-order valence-corrected chi connectivity index (χ1v) is 19.9. The van der Waals surface area contributed by atoms with Gasteiger partial charge in [-0.3, -0.25) is 0 Å². The average Bonchev–Trinajstić information content (AvgIpc) is 3.90. The number of para-hydroxylation sites is 3. The van der Waals surface area contributed by atoms with Gasteiger partial charge in [0.2, 0.25) is 0 Å². The molecule has 282 valence electrons. The number of furan rings is 1. The van der Waals surface area contributed by atoms with Crippen LogP contribution in [0.1, 0.15) is 11.5 Å². The van der Waals surface area contributed by atoms with Gasteiger partial charge < -0.3 is 9.15 Å². The molecule has 2 aliphatic rings. The molecule has 8 heteroatoms. The quantitative estimate of drug-likeness (QED) is 0.165. The van der Waals surface area contributed by atoms with Gasteiger partial charge in [-0.15, -0.1) is 0 Å². The zero-order valence-electron chi connectivity index (χ0n) is 32.0. The van der Waals surface area contributed by atoms with Crippen molar-refractivity contribution in [1.29, 1.82) is 0 Å². The van der Waals surface area contributed by atoms with E-state index >= 15 is 0 Å². The number of hydrogen-bond donors (Lipinski definition) is 0. The molecule has 1 aliphatic heterocycles. The molecule has 0 bridgehead atoms. The molecule has 0 saturated heterocycles. The predicted molar refractivity (Wildman–Crippen MR) is 236 cm³/mol. The van der Waals surface area contributed by atoms with Crippen LogP contribution in [-0.2, 0) is 0 Å². The normalized spacial score (nSPS) is 15.3. The summed E-state index contributed by atoms with van der Waals surface area (Å²) in [7, 11) is 0. The number of hydrogen-bond acceptors (Lipinski definition) is 8. The van der Waals surface area contributed by atoms with Crippen LogP contribution in [0, 0.1) is 0 Å². The molecule has 0 N–H and O–H groups in total. The Kier molecular flexibility index (Phi) is 7.81. The first-order valence-electron chi connectivity index (χ1n) is 19.9. The Morgan fingerprint density at radius 1 is 0.400 bits per heavy atom. The highest BCUT2D eigenvalue weighted by Gasteiger charge is 2.34. The minimum atomic E-state index is -0.0496. The third-order valence-electron chi connectivity index (χ3n) is 11.3. The maximum atomic E-state index is 6.53. The van der Waals surface area contributed by atoms with Gasteiger partial charge in [-0.2, -0.15) is 0 Å². The molecule has 0 radical (unpaired) electrons. The minimum absolute atomic E-state index is 0.0496. The van der Waals surface area contributed by atoms with Crippen molar-refractivity contribution in [3.8, 4) is 74.1 Å². The van der Waals surface area contributed by atoms with Gasteiger partial charge in [-0.25, -0.2) is 29.9 Å². The molecular weight excluding hydrogens is 741 g/mol. The lowest BCUT2D eigenvalue weighted by Gasteiger charge is -2.14. The van der Waals surface area contributed by atoms with Crippen molar-refractivity contribution in [2.24, 2.45) is 0 Å². The van der Waals surface area contributed by atoms with Crippen molar-refractivity contribution in [2.75, 3.05) is 0 Å². The first-order chi connectivity index (χ1) is 29.7. The lowest BCUT2D eigenvalue weighted by atomic mass is 9.91.